The smallest absolute Gasteiger partial charge is 0.247 e. The lowest BCUT2D eigenvalue weighted by Gasteiger charge is -2.36. The third kappa shape index (κ3) is 4.19. The number of aromatic nitrogens is 2. The van der Waals surface area contributed by atoms with Crippen LogP contribution in [0.2, 0.25) is 10.0 Å². The number of hydrogen-bond acceptors (Lipinski definition) is 3. The molecule has 1 unspecified atom stereocenters. The molecule has 26 heavy (non-hydrogen) atoms. The second kappa shape index (κ2) is 8.37. The van der Waals surface area contributed by atoms with Crippen LogP contribution in [0.25, 0.3) is 0 Å². The lowest BCUT2D eigenvalue weighted by atomic mass is 10.1. The molecule has 1 aliphatic heterocycles. The first-order valence-electron chi connectivity index (χ1n) is 8.63. The van der Waals surface area contributed by atoms with Crippen LogP contribution in [0, 0.1) is 5.82 Å². The van der Waals surface area contributed by atoms with Gasteiger partial charge in [-0.1, -0.05) is 36.2 Å². The molecular weight excluding hydrogens is 378 g/mol. The standard InChI is InChI=1S/C18H21Cl2FN4O/c1-2-17(25-11-13(19)10-22-25)18(26)24-8-6-23(7-9-24)12-14-15(20)4-3-5-16(14)21/h3-5,10-11,17H,2,6-9,12H2,1H3. The monoisotopic (exact) mass is 398 g/mol. The Morgan fingerprint density at radius 3 is 2.58 bits per heavy atom. The number of benzene rings is 1. The van der Waals surface area contributed by atoms with Crippen molar-refractivity contribution in [3.8, 4) is 0 Å². The Morgan fingerprint density at radius 2 is 2.00 bits per heavy atom. The maximum atomic E-state index is 14.0. The molecule has 1 amide bonds. The number of amides is 1. The molecule has 0 radical (unpaired) electrons. The van der Waals surface area contributed by atoms with Gasteiger partial charge in [-0.15, -0.1) is 0 Å². The van der Waals surface area contributed by atoms with Crippen molar-refractivity contribution in [3.05, 3.63) is 52.0 Å². The maximum Gasteiger partial charge on any atom is 0.247 e. The van der Waals surface area contributed by atoms with Gasteiger partial charge in [0.25, 0.3) is 0 Å². The number of carbonyl (C=O) groups is 1. The van der Waals surface area contributed by atoms with Gasteiger partial charge in [0.1, 0.15) is 11.9 Å². The van der Waals surface area contributed by atoms with Crippen molar-refractivity contribution >= 4 is 29.1 Å². The van der Waals surface area contributed by atoms with Crippen molar-refractivity contribution in [1.82, 2.24) is 19.6 Å². The second-order valence-corrected chi connectivity index (χ2v) is 7.21. The summed E-state index contributed by atoms with van der Waals surface area (Å²) < 4.78 is 15.6. The van der Waals surface area contributed by atoms with Crippen LogP contribution in [0.15, 0.2) is 30.6 Å². The van der Waals surface area contributed by atoms with E-state index in [4.69, 9.17) is 23.2 Å². The van der Waals surface area contributed by atoms with Crippen molar-refractivity contribution in [2.45, 2.75) is 25.9 Å². The van der Waals surface area contributed by atoms with Crippen molar-refractivity contribution in [2.24, 2.45) is 0 Å². The van der Waals surface area contributed by atoms with Gasteiger partial charge in [0, 0.05) is 49.5 Å². The van der Waals surface area contributed by atoms with Gasteiger partial charge in [-0.2, -0.15) is 5.10 Å². The molecule has 1 saturated heterocycles. The lowest BCUT2D eigenvalue weighted by Crippen LogP contribution is -2.50. The van der Waals surface area contributed by atoms with E-state index in [1.807, 2.05) is 11.8 Å². The fourth-order valence-corrected chi connectivity index (χ4v) is 3.57. The molecule has 1 aromatic carbocycles. The molecule has 8 heteroatoms. The van der Waals surface area contributed by atoms with Crippen LogP contribution >= 0.6 is 23.2 Å². The van der Waals surface area contributed by atoms with E-state index in [0.717, 1.165) is 0 Å². The van der Waals surface area contributed by atoms with Crippen molar-refractivity contribution in [3.63, 3.8) is 0 Å². The quantitative estimate of drug-likeness (QED) is 0.771. The molecule has 0 bridgehead atoms. The zero-order chi connectivity index (χ0) is 18.7. The molecule has 2 heterocycles. The van der Waals surface area contributed by atoms with Gasteiger partial charge in [0.05, 0.1) is 11.2 Å². The van der Waals surface area contributed by atoms with Gasteiger partial charge in [0.15, 0.2) is 0 Å². The van der Waals surface area contributed by atoms with Crippen LogP contribution in [0.4, 0.5) is 4.39 Å². The summed E-state index contributed by atoms with van der Waals surface area (Å²) in [5.74, 6) is -0.256. The molecule has 5 nitrogen and oxygen atoms in total. The van der Waals surface area contributed by atoms with Crippen LogP contribution in [0.1, 0.15) is 24.9 Å². The minimum Gasteiger partial charge on any atom is -0.338 e. The predicted octanol–water partition coefficient (Wildman–Crippen LogP) is 3.62. The van der Waals surface area contributed by atoms with Gasteiger partial charge in [-0.05, 0) is 18.6 Å². The molecule has 2 aromatic rings. The van der Waals surface area contributed by atoms with Gasteiger partial charge >= 0.3 is 0 Å². The second-order valence-electron chi connectivity index (χ2n) is 6.36. The SMILES string of the molecule is CCC(C(=O)N1CCN(Cc2c(F)cccc2Cl)CC1)n1cc(Cl)cn1. The first-order chi connectivity index (χ1) is 12.5. The zero-order valence-corrected chi connectivity index (χ0v) is 16.0. The molecule has 0 spiro atoms. The summed E-state index contributed by atoms with van der Waals surface area (Å²) in [7, 11) is 0. The number of piperazine rings is 1. The summed E-state index contributed by atoms with van der Waals surface area (Å²) in [5.41, 5.74) is 0.506. The highest BCUT2D eigenvalue weighted by Crippen LogP contribution is 2.22. The van der Waals surface area contributed by atoms with E-state index >= 15 is 0 Å². The van der Waals surface area contributed by atoms with Crippen LogP contribution < -0.4 is 0 Å². The molecule has 0 N–H and O–H groups in total. The minimum absolute atomic E-state index is 0.0378. The fraction of sp³-hybridized carbons (Fsp3) is 0.444. The highest BCUT2D eigenvalue weighted by Gasteiger charge is 2.28. The maximum absolute atomic E-state index is 14.0. The molecule has 0 aliphatic carbocycles. The summed E-state index contributed by atoms with van der Waals surface area (Å²) in [4.78, 5) is 16.8. The first kappa shape index (κ1) is 19.1. The molecule has 3 rings (SSSR count). The van der Waals surface area contributed by atoms with Gasteiger partial charge < -0.3 is 4.90 Å². The molecule has 140 valence electrons. The number of rotatable bonds is 5. The normalized spacial score (nSPS) is 16.7. The van der Waals surface area contributed by atoms with Crippen LogP contribution in [-0.2, 0) is 11.3 Å². The summed E-state index contributed by atoms with van der Waals surface area (Å²) in [6.07, 6.45) is 3.85. The van der Waals surface area contributed by atoms with Crippen molar-refractivity contribution in [1.29, 1.82) is 0 Å². The van der Waals surface area contributed by atoms with E-state index in [1.165, 1.54) is 12.3 Å². The van der Waals surface area contributed by atoms with E-state index < -0.39 is 0 Å². The third-order valence-corrected chi connectivity index (χ3v) is 5.24. The van der Waals surface area contributed by atoms with Crippen molar-refractivity contribution < 1.29 is 9.18 Å². The van der Waals surface area contributed by atoms with Gasteiger partial charge in [-0.25, -0.2) is 4.39 Å². The van der Waals surface area contributed by atoms with E-state index in [0.29, 0.717) is 54.8 Å². The lowest BCUT2D eigenvalue weighted by molar-refractivity contribution is -0.137. The van der Waals surface area contributed by atoms with Crippen LogP contribution in [0.3, 0.4) is 0 Å². The molecular formula is C18H21Cl2FN4O. The molecule has 1 aliphatic rings. The number of nitrogens with zero attached hydrogens (tertiary/aromatic N) is 4. The third-order valence-electron chi connectivity index (χ3n) is 4.69. The molecule has 1 atom stereocenters. The van der Waals surface area contributed by atoms with E-state index in [-0.39, 0.29) is 17.8 Å². The zero-order valence-electron chi connectivity index (χ0n) is 14.5. The fourth-order valence-electron chi connectivity index (χ4n) is 3.20. The van der Waals surface area contributed by atoms with Crippen LogP contribution in [0.5, 0.6) is 0 Å². The predicted molar refractivity (Wildman–Crippen MR) is 99.8 cm³/mol. The largest absolute Gasteiger partial charge is 0.338 e. The molecule has 1 aromatic heterocycles. The Balaban J connectivity index is 1.60. The highest BCUT2D eigenvalue weighted by molar-refractivity contribution is 6.31. The van der Waals surface area contributed by atoms with E-state index in [1.54, 1.807) is 23.0 Å². The molecule has 1 fully saturated rings. The van der Waals surface area contributed by atoms with Crippen molar-refractivity contribution in [2.75, 3.05) is 26.2 Å². The summed E-state index contributed by atoms with van der Waals surface area (Å²) in [5, 5.41) is 5.12. The Morgan fingerprint density at radius 1 is 1.27 bits per heavy atom. The van der Waals surface area contributed by atoms with E-state index in [9.17, 15) is 9.18 Å². The topological polar surface area (TPSA) is 41.4 Å². The number of carbonyl (C=O) groups excluding carboxylic acids is 1. The van der Waals surface area contributed by atoms with Gasteiger partial charge in [0.2, 0.25) is 5.91 Å². The number of hydrogen-bond donors (Lipinski definition) is 0. The Kier molecular flexibility index (Phi) is 6.16. The Hall–Kier alpha value is -1.63. The number of halogens is 3. The Labute approximate surface area is 162 Å². The van der Waals surface area contributed by atoms with E-state index in [2.05, 4.69) is 10.00 Å². The molecule has 0 saturated carbocycles. The first-order valence-corrected chi connectivity index (χ1v) is 9.39. The summed E-state index contributed by atoms with van der Waals surface area (Å²) >= 11 is 12.0. The highest BCUT2D eigenvalue weighted by atomic mass is 35.5. The summed E-state index contributed by atoms with van der Waals surface area (Å²) in [6, 6.07) is 4.36. The van der Waals surface area contributed by atoms with Crippen LogP contribution in [-0.4, -0.2) is 51.7 Å². The average molecular weight is 399 g/mol. The minimum atomic E-state index is -0.352. The average Bonchev–Trinajstić information content (AvgIpc) is 3.05. The summed E-state index contributed by atoms with van der Waals surface area (Å²) in [6.45, 7) is 4.93. The Bertz CT molecular complexity index is 754. The van der Waals surface area contributed by atoms with Gasteiger partial charge in [-0.3, -0.25) is 14.4 Å².